The van der Waals surface area contributed by atoms with Crippen LogP contribution in [0.3, 0.4) is 0 Å². The Balaban J connectivity index is 2.00. The smallest absolute Gasteiger partial charge is 0.317 e. The molecule has 1 aromatic rings. The molecule has 1 heterocycles. The predicted molar refractivity (Wildman–Crippen MR) is 75.7 cm³/mol. The maximum atomic E-state index is 11.8. The van der Waals surface area contributed by atoms with E-state index in [-0.39, 0.29) is 10.9 Å². The highest BCUT2D eigenvalue weighted by atomic mass is 32.2. The molecule has 0 aliphatic carbocycles. The molecule has 1 aliphatic rings. The normalized spacial score (nSPS) is 15.3. The first kappa shape index (κ1) is 14.8. The molecule has 1 fully saturated rings. The number of amides is 2. The molecule has 7 heteroatoms. The summed E-state index contributed by atoms with van der Waals surface area (Å²) in [6, 6.07) is 6.46. The zero-order valence-electron chi connectivity index (χ0n) is 11.4. The number of hydrogen-bond donors (Lipinski definition) is 2. The van der Waals surface area contributed by atoms with Gasteiger partial charge in [-0.25, -0.2) is 17.9 Å². The summed E-state index contributed by atoms with van der Waals surface area (Å²) >= 11 is 0. The average molecular weight is 297 g/mol. The summed E-state index contributed by atoms with van der Waals surface area (Å²) in [5.41, 5.74) is 0.758. The van der Waals surface area contributed by atoms with Crippen molar-refractivity contribution in [2.24, 2.45) is 0 Å². The van der Waals surface area contributed by atoms with Crippen molar-refractivity contribution in [1.29, 1.82) is 0 Å². The molecular weight excluding hydrogens is 278 g/mol. The van der Waals surface area contributed by atoms with Gasteiger partial charge in [-0.05, 0) is 37.6 Å². The zero-order chi connectivity index (χ0) is 14.6. The summed E-state index contributed by atoms with van der Waals surface area (Å²) < 4.78 is 25.7. The number of benzene rings is 1. The van der Waals surface area contributed by atoms with Crippen molar-refractivity contribution in [1.82, 2.24) is 14.9 Å². The highest BCUT2D eigenvalue weighted by Crippen LogP contribution is 2.12. The highest BCUT2D eigenvalue weighted by Gasteiger charge is 2.17. The molecule has 110 valence electrons. The average Bonchev–Trinajstić information content (AvgIpc) is 2.99. The van der Waals surface area contributed by atoms with Gasteiger partial charge < -0.3 is 10.2 Å². The van der Waals surface area contributed by atoms with Crippen LogP contribution in [0, 0.1) is 0 Å². The number of hydrogen-bond acceptors (Lipinski definition) is 3. The van der Waals surface area contributed by atoms with Crippen molar-refractivity contribution >= 4 is 16.1 Å². The molecule has 1 aromatic carbocycles. The number of nitrogens with zero attached hydrogens (tertiary/aromatic N) is 1. The second-order valence-electron chi connectivity index (χ2n) is 4.71. The molecule has 2 amide bonds. The van der Waals surface area contributed by atoms with Crippen LogP contribution in [0.1, 0.15) is 18.4 Å². The lowest BCUT2D eigenvalue weighted by Gasteiger charge is -2.16. The third-order valence-electron chi connectivity index (χ3n) is 3.31. The van der Waals surface area contributed by atoms with Gasteiger partial charge in [0.1, 0.15) is 0 Å². The first-order chi connectivity index (χ1) is 9.53. The molecule has 6 nitrogen and oxygen atoms in total. The Morgan fingerprint density at radius 2 is 2.00 bits per heavy atom. The molecule has 0 aromatic heterocycles. The van der Waals surface area contributed by atoms with E-state index < -0.39 is 10.0 Å². The van der Waals surface area contributed by atoms with E-state index >= 15 is 0 Å². The van der Waals surface area contributed by atoms with E-state index in [1.54, 1.807) is 23.1 Å². The Kier molecular flexibility index (Phi) is 4.61. The van der Waals surface area contributed by atoms with Crippen LogP contribution in [-0.4, -0.2) is 39.5 Å². The molecule has 0 saturated carbocycles. The fourth-order valence-electron chi connectivity index (χ4n) is 2.15. The molecule has 20 heavy (non-hydrogen) atoms. The lowest BCUT2D eigenvalue weighted by molar-refractivity contribution is 0.208. The van der Waals surface area contributed by atoms with Crippen LogP contribution >= 0.6 is 0 Å². The molecule has 2 N–H and O–H groups in total. The van der Waals surface area contributed by atoms with Gasteiger partial charge in [-0.1, -0.05) is 12.1 Å². The van der Waals surface area contributed by atoms with E-state index in [4.69, 9.17) is 0 Å². The molecule has 0 bridgehead atoms. The Bertz CT molecular complexity index is 580. The largest absolute Gasteiger partial charge is 0.334 e. The summed E-state index contributed by atoms with van der Waals surface area (Å²) in [6.45, 7) is 1.91. The number of carbonyl (C=O) groups excluding carboxylic acids is 1. The van der Waals surface area contributed by atoms with Crippen LogP contribution in [0.2, 0.25) is 0 Å². The van der Waals surface area contributed by atoms with Gasteiger partial charge in [-0.3, -0.25) is 0 Å². The quantitative estimate of drug-likeness (QED) is 0.866. The number of urea groups is 1. The van der Waals surface area contributed by atoms with Gasteiger partial charge in [-0.2, -0.15) is 0 Å². The van der Waals surface area contributed by atoms with Gasteiger partial charge >= 0.3 is 6.03 Å². The number of sulfonamides is 1. The second-order valence-corrected chi connectivity index (χ2v) is 6.59. The molecule has 1 saturated heterocycles. The fourth-order valence-corrected chi connectivity index (χ4v) is 2.95. The van der Waals surface area contributed by atoms with E-state index in [1.807, 2.05) is 0 Å². The summed E-state index contributed by atoms with van der Waals surface area (Å²) in [4.78, 5) is 13.8. The fraction of sp³-hybridized carbons (Fsp3) is 0.462. The molecular formula is C13H19N3O3S. The minimum Gasteiger partial charge on any atom is -0.334 e. The van der Waals surface area contributed by atoms with Gasteiger partial charge in [0.2, 0.25) is 10.0 Å². The number of rotatable bonds is 4. The van der Waals surface area contributed by atoms with Crippen molar-refractivity contribution < 1.29 is 13.2 Å². The lowest BCUT2D eigenvalue weighted by atomic mass is 10.2. The number of likely N-dealkylation sites (tertiary alicyclic amines) is 1. The molecule has 1 aliphatic heterocycles. The second kappa shape index (κ2) is 6.23. The first-order valence-electron chi connectivity index (χ1n) is 6.58. The maximum absolute atomic E-state index is 11.8. The van der Waals surface area contributed by atoms with Crippen LogP contribution in [0.4, 0.5) is 4.79 Å². The summed E-state index contributed by atoms with van der Waals surface area (Å²) in [7, 11) is -2.08. The van der Waals surface area contributed by atoms with Crippen molar-refractivity contribution in [3.05, 3.63) is 29.8 Å². The molecule has 0 radical (unpaired) electrons. The van der Waals surface area contributed by atoms with Gasteiger partial charge in [0.05, 0.1) is 4.90 Å². The van der Waals surface area contributed by atoms with Gasteiger partial charge in [-0.15, -0.1) is 0 Å². The standard InChI is InChI=1S/C13H19N3O3S/c1-14-20(18,19)12-6-4-5-11(9-12)10-15-13(17)16-7-2-3-8-16/h4-6,9,14H,2-3,7-8,10H2,1H3,(H,15,17). The topological polar surface area (TPSA) is 78.5 Å². The van der Waals surface area contributed by atoms with Crippen LogP contribution in [-0.2, 0) is 16.6 Å². The summed E-state index contributed by atoms with van der Waals surface area (Å²) in [6.07, 6.45) is 2.09. The monoisotopic (exact) mass is 297 g/mol. The van der Waals surface area contributed by atoms with Gasteiger partial charge in [0.15, 0.2) is 0 Å². The number of carbonyl (C=O) groups is 1. The summed E-state index contributed by atoms with van der Waals surface area (Å²) in [5, 5.41) is 2.81. The van der Waals surface area contributed by atoms with Crippen LogP contribution < -0.4 is 10.0 Å². The highest BCUT2D eigenvalue weighted by molar-refractivity contribution is 7.89. The van der Waals surface area contributed by atoms with Crippen molar-refractivity contribution in [3.63, 3.8) is 0 Å². The lowest BCUT2D eigenvalue weighted by Crippen LogP contribution is -2.37. The molecule has 2 rings (SSSR count). The van der Waals surface area contributed by atoms with Crippen molar-refractivity contribution in [2.45, 2.75) is 24.3 Å². The van der Waals surface area contributed by atoms with E-state index in [1.165, 1.54) is 13.1 Å². The van der Waals surface area contributed by atoms with Crippen LogP contribution in [0.25, 0.3) is 0 Å². The Morgan fingerprint density at radius 3 is 2.65 bits per heavy atom. The maximum Gasteiger partial charge on any atom is 0.317 e. The minimum absolute atomic E-state index is 0.0932. The summed E-state index contributed by atoms with van der Waals surface area (Å²) in [5.74, 6) is 0. The van der Waals surface area contributed by atoms with Gasteiger partial charge in [0.25, 0.3) is 0 Å². The predicted octanol–water partition coefficient (Wildman–Crippen LogP) is 0.900. The first-order valence-corrected chi connectivity index (χ1v) is 8.06. The van der Waals surface area contributed by atoms with Crippen LogP contribution in [0.5, 0.6) is 0 Å². The van der Waals surface area contributed by atoms with Crippen LogP contribution in [0.15, 0.2) is 29.2 Å². The van der Waals surface area contributed by atoms with E-state index in [0.29, 0.717) is 6.54 Å². The van der Waals surface area contributed by atoms with E-state index in [0.717, 1.165) is 31.5 Å². The zero-order valence-corrected chi connectivity index (χ0v) is 12.2. The molecule has 0 atom stereocenters. The van der Waals surface area contributed by atoms with Crippen molar-refractivity contribution in [3.8, 4) is 0 Å². The van der Waals surface area contributed by atoms with E-state index in [9.17, 15) is 13.2 Å². The third-order valence-corrected chi connectivity index (χ3v) is 4.73. The Hall–Kier alpha value is -1.60. The molecule has 0 spiro atoms. The van der Waals surface area contributed by atoms with Gasteiger partial charge in [0, 0.05) is 19.6 Å². The SMILES string of the molecule is CNS(=O)(=O)c1cccc(CNC(=O)N2CCCC2)c1. The van der Waals surface area contributed by atoms with E-state index in [2.05, 4.69) is 10.0 Å². The number of nitrogens with one attached hydrogen (secondary N) is 2. The Labute approximate surface area is 119 Å². The minimum atomic E-state index is -3.45. The Morgan fingerprint density at radius 1 is 1.30 bits per heavy atom. The molecule has 0 unspecified atom stereocenters. The third kappa shape index (κ3) is 3.49. The van der Waals surface area contributed by atoms with Crippen molar-refractivity contribution in [2.75, 3.05) is 20.1 Å².